The predicted molar refractivity (Wildman–Crippen MR) is 83.3 cm³/mol. The fourth-order valence-corrected chi connectivity index (χ4v) is 3.18. The SMILES string of the molecule is CCCCC(NCC1CCCCC1)c1ccccc1. The Balaban J connectivity index is 1.86. The molecule has 1 aliphatic rings. The highest BCUT2D eigenvalue weighted by atomic mass is 14.9. The van der Waals surface area contributed by atoms with Crippen LogP contribution >= 0.6 is 0 Å². The molecular weight excluding hydrogens is 230 g/mol. The summed E-state index contributed by atoms with van der Waals surface area (Å²) in [5.41, 5.74) is 1.46. The Morgan fingerprint density at radius 2 is 1.84 bits per heavy atom. The molecule has 1 aromatic rings. The summed E-state index contributed by atoms with van der Waals surface area (Å²) in [6, 6.07) is 11.5. The lowest BCUT2D eigenvalue weighted by Crippen LogP contribution is -2.28. The molecule has 106 valence electrons. The van der Waals surface area contributed by atoms with Crippen LogP contribution < -0.4 is 5.32 Å². The van der Waals surface area contributed by atoms with E-state index < -0.39 is 0 Å². The number of nitrogens with one attached hydrogen (secondary N) is 1. The molecule has 1 heteroatoms. The van der Waals surface area contributed by atoms with Crippen LogP contribution in [0, 0.1) is 5.92 Å². The first-order chi connectivity index (χ1) is 9.40. The van der Waals surface area contributed by atoms with E-state index in [9.17, 15) is 0 Å². The van der Waals surface area contributed by atoms with Crippen molar-refractivity contribution in [1.82, 2.24) is 5.32 Å². The van der Waals surface area contributed by atoms with Gasteiger partial charge in [0.1, 0.15) is 0 Å². The molecule has 1 aromatic carbocycles. The quantitative estimate of drug-likeness (QED) is 0.719. The van der Waals surface area contributed by atoms with Gasteiger partial charge in [-0.25, -0.2) is 0 Å². The van der Waals surface area contributed by atoms with Gasteiger partial charge >= 0.3 is 0 Å². The molecule has 1 aliphatic carbocycles. The van der Waals surface area contributed by atoms with Gasteiger partial charge in [-0.1, -0.05) is 69.4 Å². The van der Waals surface area contributed by atoms with E-state index in [1.54, 1.807) is 0 Å². The first-order valence-corrected chi connectivity index (χ1v) is 8.18. The third-order valence-electron chi connectivity index (χ3n) is 4.43. The van der Waals surface area contributed by atoms with Crippen LogP contribution in [-0.4, -0.2) is 6.54 Å². The summed E-state index contributed by atoms with van der Waals surface area (Å²) < 4.78 is 0. The van der Waals surface area contributed by atoms with Crippen molar-refractivity contribution in [2.45, 2.75) is 64.3 Å². The van der Waals surface area contributed by atoms with Crippen molar-refractivity contribution in [3.05, 3.63) is 35.9 Å². The van der Waals surface area contributed by atoms with Gasteiger partial charge in [-0.2, -0.15) is 0 Å². The Kier molecular flexibility index (Phi) is 6.43. The number of rotatable bonds is 7. The molecule has 1 unspecified atom stereocenters. The molecule has 0 heterocycles. The van der Waals surface area contributed by atoms with E-state index in [2.05, 4.69) is 42.6 Å². The first kappa shape index (κ1) is 14.6. The van der Waals surface area contributed by atoms with Crippen LogP contribution in [0.1, 0.15) is 69.9 Å². The van der Waals surface area contributed by atoms with Gasteiger partial charge in [0, 0.05) is 6.04 Å². The lowest BCUT2D eigenvalue weighted by atomic mass is 9.89. The van der Waals surface area contributed by atoms with Crippen LogP contribution in [-0.2, 0) is 0 Å². The molecule has 0 aliphatic heterocycles. The lowest BCUT2D eigenvalue weighted by molar-refractivity contribution is 0.322. The minimum absolute atomic E-state index is 0.558. The Hall–Kier alpha value is -0.820. The van der Waals surface area contributed by atoms with Crippen LogP contribution in [0.3, 0.4) is 0 Å². The third-order valence-corrected chi connectivity index (χ3v) is 4.43. The normalized spacial score (nSPS) is 18.4. The van der Waals surface area contributed by atoms with Gasteiger partial charge in [-0.15, -0.1) is 0 Å². The zero-order chi connectivity index (χ0) is 13.3. The molecule has 1 fully saturated rings. The molecule has 0 bridgehead atoms. The molecule has 0 saturated heterocycles. The summed E-state index contributed by atoms with van der Waals surface area (Å²) in [6.07, 6.45) is 11.1. The highest BCUT2D eigenvalue weighted by molar-refractivity contribution is 5.18. The standard InChI is InChI=1S/C18H29N/c1-2-3-14-18(17-12-8-5-9-13-17)19-15-16-10-6-4-7-11-16/h5,8-9,12-13,16,18-19H,2-4,6-7,10-11,14-15H2,1H3. The van der Waals surface area contributed by atoms with E-state index in [4.69, 9.17) is 0 Å². The maximum Gasteiger partial charge on any atom is 0.0320 e. The van der Waals surface area contributed by atoms with E-state index in [-0.39, 0.29) is 0 Å². The van der Waals surface area contributed by atoms with Crippen LogP contribution in [0.25, 0.3) is 0 Å². The third kappa shape index (κ3) is 4.99. The van der Waals surface area contributed by atoms with Gasteiger partial charge in [-0.3, -0.25) is 0 Å². The maximum atomic E-state index is 3.84. The molecule has 0 radical (unpaired) electrons. The fourth-order valence-electron chi connectivity index (χ4n) is 3.18. The second-order valence-electron chi connectivity index (χ2n) is 6.02. The van der Waals surface area contributed by atoms with Gasteiger partial charge in [0.2, 0.25) is 0 Å². The van der Waals surface area contributed by atoms with Gasteiger partial charge in [0.25, 0.3) is 0 Å². The second kappa shape index (κ2) is 8.37. The van der Waals surface area contributed by atoms with Crippen molar-refractivity contribution in [3.63, 3.8) is 0 Å². The summed E-state index contributed by atoms with van der Waals surface area (Å²) in [7, 11) is 0. The summed E-state index contributed by atoms with van der Waals surface area (Å²) in [4.78, 5) is 0. The van der Waals surface area contributed by atoms with Gasteiger partial charge in [0.15, 0.2) is 0 Å². The van der Waals surface area contributed by atoms with Gasteiger partial charge < -0.3 is 5.32 Å². The highest BCUT2D eigenvalue weighted by Crippen LogP contribution is 2.25. The van der Waals surface area contributed by atoms with Crippen molar-refractivity contribution >= 4 is 0 Å². The Bertz CT molecular complexity index is 327. The molecule has 1 nitrogen and oxygen atoms in total. The minimum atomic E-state index is 0.558. The van der Waals surface area contributed by atoms with Crippen LogP contribution in [0.5, 0.6) is 0 Å². The molecule has 19 heavy (non-hydrogen) atoms. The average molecular weight is 259 g/mol. The van der Waals surface area contributed by atoms with Crippen molar-refractivity contribution in [1.29, 1.82) is 0 Å². The van der Waals surface area contributed by atoms with E-state index in [0.29, 0.717) is 6.04 Å². The number of benzene rings is 1. The first-order valence-electron chi connectivity index (χ1n) is 8.18. The molecule has 1 atom stereocenters. The Labute approximate surface area is 118 Å². The number of hydrogen-bond donors (Lipinski definition) is 1. The summed E-state index contributed by atoms with van der Waals surface area (Å²) >= 11 is 0. The molecule has 0 spiro atoms. The zero-order valence-electron chi connectivity index (χ0n) is 12.4. The zero-order valence-corrected chi connectivity index (χ0v) is 12.4. The van der Waals surface area contributed by atoms with Crippen LogP contribution in [0.15, 0.2) is 30.3 Å². The number of hydrogen-bond acceptors (Lipinski definition) is 1. The van der Waals surface area contributed by atoms with Crippen molar-refractivity contribution in [3.8, 4) is 0 Å². The molecule has 0 amide bonds. The summed E-state index contributed by atoms with van der Waals surface area (Å²) in [5, 5.41) is 3.84. The van der Waals surface area contributed by atoms with Gasteiger partial charge in [-0.05, 0) is 37.3 Å². The van der Waals surface area contributed by atoms with E-state index in [1.165, 1.54) is 63.5 Å². The molecular formula is C18H29N. The number of unbranched alkanes of at least 4 members (excludes halogenated alkanes) is 1. The maximum absolute atomic E-state index is 3.84. The lowest BCUT2D eigenvalue weighted by Gasteiger charge is -2.26. The largest absolute Gasteiger partial charge is 0.310 e. The summed E-state index contributed by atoms with van der Waals surface area (Å²) in [6.45, 7) is 3.49. The van der Waals surface area contributed by atoms with Gasteiger partial charge in [0.05, 0.1) is 0 Å². The van der Waals surface area contributed by atoms with E-state index >= 15 is 0 Å². The van der Waals surface area contributed by atoms with Crippen LogP contribution in [0.2, 0.25) is 0 Å². The fraction of sp³-hybridized carbons (Fsp3) is 0.667. The van der Waals surface area contributed by atoms with Crippen molar-refractivity contribution in [2.75, 3.05) is 6.54 Å². The summed E-state index contributed by atoms with van der Waals surface area (Å²) in [5.74, 6) is 0.918. The molecule has 0 aromatic heterocycles. The smallest absolute Gasteiger partial charge is 0.0320 e. The highest BCUT2D eigenvalue weighted by Gasteiger charge is 2.16. The van der Waals surface area contributed by atoms with Crippen molar-refractivity contribution < 1.29 is 0 Å². The Morgan fingerprint density at radius 1 is 1.11 bits per heavy atom. The average Bonchev–Trinajstić information content (AvgIpc) is 2.49. The topological polar surface area (TPSA) is 12.0 Å². The molecule has 1 N–H and O–H groups in total. The molecule has 1 saturated carbocycles. The second-order valence-corrected chi connectivity index (χ2v) is 6.02. The van der Waals surface area contributed by atoms with E-state index in [0.717, 1.165) is 5.92 Å². The molecule has 2 rings (SSSR count). The Morgan fingerprint density at radius 3 is 2.53 bits per heavy atom. The predicted octanol–water partition coefficient (Wildman–Crippen LogP) is 5.09. The monoisotopic (exact) mass is 259 g/mol. The van der Waals surface area contributed by atoms with E-state index in [1.807, 2.05) is 0 Å². The van der Waals surface area contributed by atoms with Crippen LogP contribution in [0.4, 0.5) is 0 Å². The minimum Gasteiger partial charge on any atom is -0.310 e. The van der Waals surface area contributed by atoms with Crippen molar-refractivity contribution in [2.24, 2.45) is 5.92 Å².